The van der Waals surface area contributed by atoms with Gasteiger partial charge in [-0.05, 0) is 128 Å². The van der Waals surface area contributed by atoms with Gasteiger partial charge in [0.25, 0.3) is 0 Å². The Kier molecular flexibility index (Phi) is 14.8. The van der Waals surface area contributed by atoms with Crippen molar-refractivity contribution in [2.45, 2.75) is 164 Å². The Balaban J connectivity index is 0.000000242. The summed E-state index contributed by atoms with van der Waals surface area (Å²) >= 11 is 0. The Labute approximate surface area is 639 Å². The average Bonchev–Trinajstić information content (AvgIpc) is 0.739. The van der Waals surface area contributed by atoms with E-state index >= 15 is 0 Å². The molecule has 0 heteroatoms. The SMILES string of the molecule is CC(C)(C)c1ccccc1.[2H]c1c([2H])c(C(C)(C)C)c([2H])c([2H])c1-c1ccccc1.[2H]c1c([2H])c([2H])c(-c2c([2H])c([2H])c(C(C)(C)C)c([2H])c2[2H])c([2H])c1[2H].[2H]c1c([2H])c([2H])c(-c2c([2H])c([2H])c([2H])c([2H])c2C(C)(C)C)c([2H])c1[2H].[2H]c1c([2H])c([2H])c(-c2ccccc2C(C)(C)C)c([2H])c1[2H].[2H]c1c([2H])c([2H])c(C(C)(C)C)c(-c2ccccc2)c1[2H].[2H]c1c([2H])c([2H])c(C)c([2H])c1[2H]. The molecule has 0 aliphatic rings. The Bertz CT molecular complexity index is 6110. The quantitative estimate of drug-likeness (QED) is 0.161. The minimum atomic E-state index is -0.728. The summed E-state index contributed by atoms with van der Waals surface area (Å²) in [6.45, 7) is 36.5. The number of hydrogen-bond donors (Lipinski definition) is 0. The second-order valence-corrected chi connectivity index (χ2v) is 28.4. The maximum atomic E-state index is 8.25. The molecule has 0 fully saturated rings. The molecule has 0 saturated carbocycles. The Morgan fingerprint density at radius 3 is 0.835 bits per heavy atom. The molecule has 0 spiro atoms. The van der Waals surface area contributed by atoms with Crippen LogP contribution < -0.4 is 0 Å². The van der Waals surface area contributed by atoms with E-state index in [1.54, 1.807) is 53.7 Å². The fourth-order valence-electron chi connectivity index (χ4n) is 8.75. The van der Waals surface area contributed by atoms with Crippen LogP contribution in [0.15, 0.2) is 333 Å². The van der Waals surface area contributed by atoms with E-state index in [1.165, 1.54) is 12.5 Å². The number of rotatable bonds is 5. The van der Waals surface area contributed by atoms with E-state index in [0.717, 1.165) is 11.1 Å². The highest BCUT2D eigenvalue weighted by atomic mass is 14.3. The predicted octanol–water partition coefficient (Wildman–Crippen LogP) is 28.2. The molecular formula is C97H112. The molecule has 0 N–H and O–H groups in total. The first-order valence-electron chi connectivity index (χ1n) is 49.8. The van der Waals surface area contributed by atoms with Crippen LogP contribution in [0, 0.1) is 6.92 Å². The van der Waals surface area contributed by atoms with Crippen LogP contribution in [0.1, 0.15) is 213 Å². The molecule has 0 heterocycles. The molecule has 0 aliphatic carbocycles. The van der Waals surface area contributed by atoms with Gasteiger partial charge in [-0.2, -0.15) is 0 Å². The molecule has 0 radical (unpaired) electrons. The minimum Gasteiger partial charge on any atom is -0.0622 e. The third-order valence-electron chi connectivity index (χ3n) is 14.0. The van der Waals surface area contributed by atoms with Gasteiger partial charge < -0.3 is 0 Å². The van der Waals surface area contributed by atoms with Crippen molar-refractivity contribution in [3.05, 3.63) is 372 Å². The molecule has 0 aromatic heterocycles. The van der Waals surface area contributed by atoms with Crippen molar-refractivity contribution in [1.82, 2.24) is 0 Å². The van der Waals surface area contributed by atoms with Crippen LogP contribution in [-0.4, -0.2) is 0 Å². The van der Waals surface area contributed by atoms with E-state index in [2.05, 4.69) is 51.1 Å². The van der Waals surface area contributed by atoms with Crippen molar-refractivity contribution in [3.63, 3.8) is 0 Å². The standard InChI is InChI=1S/5C16H18.C10H14.C7H8/c3*1-16(2,3)15-12-8-7-11-14(15)13-9-5-4-6-10-13;2*1-16(2,3)15-11-9-14(10-12-15)13-7-5-4-6-8-13;1-10(2,3)9-7-5-4-6-8-9;1-7-5-3-2-4-6-7/h5*4-12H,1-3H3;4-8H,1-3H3;2-6H,1H3/i4D,5D,6D,7D,8D,9D,10D,11D,12D;4D,5D,6D,9D,10D;7D,8D,11D,12D;4D,5D,6D,7D,8D,9D,10D,11D,12D;9D,10D,11D,12D;;2D,3D,4D,5D,6D. The zero-order chi connectivity index (χ0) is 102. The van der Waals surface area contributed by atoms with Crippen LogP contribution >= 0.6 is 0 Å². The van der Waals surface area contributed by atoms with Gasteiger partial charge >= 0.3 is 0 Å². The van der Waals surface area contributed by atoms with Crippen molar-refractivity contribution in [2.24, 2.45) is 0 Å². The molecular weight excluding hydrogens is 1170 g/mol. The summed E-state index contributed by atoms with van der Waals surface area (Å²) in [5.74, 6) is 0. The summed E-state index contributed by atoms with van der Waals surface area (Å²) in [5, 5.41) is 0. The highest BCUT2D eigenvalue weighted by Gasteiger charge is 2.21. The van der Waals surface area contributed by atoms with Crippen molar-refractivity contribution in [1.29, 1.82) is 0 Å². The summed E-state index contributed by atoms with van der Waals surface area (Å²) in [4.78, 5) is 0. The lowest BCUT2D eigenvalue weighted by Crippen LogP contribution is -2.12. The first kappa shape index (κ1) is 39.8. The Morgan fingerprint density at radius 1 is 0.186 bits per heavy atom. The highest BCUT2D eigenvalue weighted by molar-refractivity contribution is 5.71. The van der Waals surface area contributed by atoms with Crippen LogP contribution in [0.3, 0.4) is 0 Å². The van der Waals surface area contributed by atoms with Crippen molar-refractivity contribution >= 4 is 0 Å². The molecule has 0 aliphatic heterocycles. The van der Waals surface area contributed by atoms with Crippen molar-refractivity contribution in [3.8, 4) is 55.6 Å². The Morgan fingerprint density at radius 2 is 0.464 bits per heavy atom. The fourth-order valence-corrected chi connectivity index (χ4v) is 8.75. The first-order valence-corrected chi connectivity index (χ1v) is 31.8. The number of benzene rings is 12. The summed E-state index contributed by atoms with van der Waals surface area (Å²) in [6.07, 6.45) is 0. The molecule has 97 heavy (non-hydrogen) atoms. The molecule has 0 amide bonds. The van der Waals surface area contributed by atoms with Gasteiger partial charge in [-0.15, -0.1) is 0 Å². The number of hydrogen-bond acceptors (Lipinski definition) is 0. The average molecular weight is 1310 g/mol. The third kappa shape index (κ3) is 25.6. The Hall–Kier alpha value is -9.36. The topological polar surface area (TPSA) is 0 Å². The molecule has 500 valence electrons. The van der Waals surface area contributed by atoms with Crippen molar-refractivity contribution in [2.75, 3.05) is 0 Å². The van der Waals surface area contributed by atoms with Gasteiger partial charge in [-0.3, -0.25) is 0 Å². The van der Waals surface area contributed by atoms with Gasteiger partial charge in [0.1, 0.15) is 0 Å². The maximum Gasteiger partial charge on any atom is 0.0629 e. The molecule has 0 unspecified atom stereocenters. The molecule has 0 nitrogen and oxygen atoms in total. The molecule has 12 aromatic rings. The first-order chi connectivity index (χ1) is 60.9. The molecule has 0 atom stereocenters. The van der Waals surface area contributed by atoms with E-state index < -0.39 is 107 Å². The van der Waals surface area contributed by atoms with E-state index in [-0.39, 0.29) is 177 Å². The summed E-state index contributed by atoms with van der Waals surface area (Å²) in [7, 11) is 0. The van der Waals surface area contributed by atoms with E-state index in [1.807, 2.05) is 135 Å². The normalized spacial score (nSPS) is 16.4. The van der Waals surface area contributed by atoms with Crippen LogP contribution in [0.4, 0.5) is 0 Å². The molecule has 12 rings (SSSR count). The van der Waals surface area contributed by atoms with Crippen LogP contribution in [-0.2, 0) is 32.5 Å². The zero-order valence-electron chi connectivity index (χ0n) is 95.5. The smallest absolute Gasteiger partial charge is 0.0622 e. The highest BCUT2D eigenvalue weighted by Crippen LogP contribution is 2.36. The van der Waals surface area contributed by atoms with Gasteiger partial charge in [-0.1, -0.05) is 463 Å². The lowest BCUT2D eigenvalue weighted by Gasteiger charge is -2.23. The lowest BCUT2D eigenvalue weighted by molar-refractivity contribution is 0.590. The van der Waals surface area contributed by atoms with Gasteiger partial charge in [0, 0.05) is 0 Å². The van der Waals surface area contributed by atoms with E-state index in [4.69, 9.17) is 49.3 Å². The fraction of sp³-hybridized carbons (Fsp3) is 0.258. The third-order valence-corrected chi connectivity index (χ3v) is 14.0. The second-order valence-electron chi connectivity index (χ2n) is 28.4. The summed E-state index contributed by atoms with van der Waals surface area (Å²) < 4.78 is 285. The lowest BCUT2D eigenvalue weighted by atomic mass is 9.82. The van der Waals surface area contributed by atoms with Gasteiger partial charge in [0.2, 0.25) is 0 Å². The zero-order valence-corrected chi connectivity index (χ0v) is 59.5. The van der Waals surface area contributed by atoms with Gasteiger partial charge in [-0.25, -0.2) is 0 Å². The second kappa shape index (κ2) is 36.1. The molecule has 12 aromatic carbocycles. The van der Waals surface area contributed by atoms with Gasteiger partial charge in [0.05, 0.1) is 49.3 Å². The molecule has 0 bridgehead atoms. The molecule has 0 saturated heterocycles. The summed E-state index contributed by atoms with van der Waals surface area (Å²) in [5.41, 5.74) is 4.81. The van der Waals surface area contributed by atoms with Crippen LogP contribution in [0.25, 0.3) is 55.6 Å². The van der Waals surface area contributed by atoms with Crippen LogP contribution in [0.2, 0.25) is 0 Å². The van der Waals surface area contributed by atoms with Crippen LogP contribution in [0.5, 0.6) is 0 Å². The van der Waals surface area contributed by atoms with E-state index in [9.17, 15) is 0 Å². The minimum absolute atomic E-state index is 0.0297. The van der Waals surface area contributed by atoms with Crippen molar-refractivity contribution < 1.29 is 49.3 Å². The maximum absolute atomic E-state index is 8.25. The summed E-state index contributed by atoms with van der Waals surface area (Å²) in [6, 6.07) is 25.7. The monoisotopic (exact) mass is 1310 g/mol. The van der Waals surface area contributed by atoms with E-state index in [0.29, 0.717) is 44.4 Å². The van der Waals surface area contributed by atoms with Gasteiger partial charge in [0.15, 0.2) is 0 Å². The predicted molar refractivity (Wildman–Crippen MR) is 429 cm³/mol. The largest absolute Gasteiger partial charge is 0.0629 e.